The minimum atomic E-state index is 1.29. The summed E-state index contributed by atoms with van der Waals surface area (Å²) in [5, 5.41) is 5.36. The summed E-state index contributed by atoms with van der Waals surface area (Å²) >= 11 is 0. The quantitative estimate of drug-likeness (QED) is 0.305. The molecule has 0 amide bonds. The van der Waals surface area contributed by atoms with E-state index in [-0.39, 0.29) is 0 Å². The van der Waals surface area contributed by atoms with E-state index in [2.05, 4.69) is 86.6 Å². The number of benzene rings is 4. The maximum atomic E-state index is 2.24. The molecule has 4 aromatic carbocycles. The van der Waals surface area contributed by atoms with Gasteiger partial charge in [0.25, 0.3) is 0 Å². The zero-order chi connectivity index (χ0) is 19.1. The van der Waals surface area contributed by atoms with Gasteiger partial charge in [-0.2, -0.15) is 0 Å². The lowest BCUT2D eigenvalue weighted by Crippen LogP contribution is -1.89. The molecule has 0 aliphatic heterocycles. The number of hydrogen-bond acceptors (Lipinski definition) is 0. The van der Waals surface area contributed by atoms with Gasteiger partial charge in [-0.15, -0.1) is 0 Å². The maximum Gasteiger partial charge on any atom is -0.00266 e. The van der Waals surface area contributed by atoms with E-state index in [1.54, 1.807) is 0 Å². The van der Waals surface area contributed by atoms with Gasteiger partial charge < -0.3 is 0 Å². The summed E-state index contributed by atoms with van der Waals surface area (Å²) in [6, 6.07) is 26.3. The topological polar surface area (TPSA) is 0 Å². The number of aryl methyl sites for hydroxylation is 2. The summed E-state index contributed by atoms with van der Waals surface area (Å²) in [4.78, 5) is 0. The third-order valence-corrected chi connectivity index (χ3v) is 4.54. The van der Waals surface area contributed by atoms with Crippen molar-refractivity contribution in [3.05, 3.63) is 83.9 Å². The Morgan fingerprint density at radius 2 is 0.846 bits per heavy atom. The Morgan fingerprint density at radius 3 is 1.27 bits per heavy atom. The van der Waals surface area contributed by atoms with E-state index in [1.165, 1.54) is 43.8 Å². The second kappa shape index (κ2) is 9.20. The van der Waals surface area contributed by atoms with Gasteiger partial charge in [-0.3, -0.25) is 0 Å². The molecule has 0 N–H and O–H groups in total. The third kappa shape index (κ3) is 3.65. The Hall–Kier alpha value is -2.60. The van der Waals surface area contributed by atoms with Crippen molar-refractivity contribution in [2.75, 3.05) is 0 Å². The van der Waals surface area contributed by atoms with Crippen LogP contribution in [0.5, 0.6) is 0 Å². The highest BCUT2D eigenvalue weighted by molar-refractivity contribution is 6.14. The summed E-state index contributed by atoms with van der Waals surface area (Å²) in [5.41, 5.74) is 5.29. The molecule has 0 heterocycles. The highest BCUT2D eigenvalue weighted by atomic mass is 14.2. The highest BCUT2D eigenvalue weighted by Crippen LogP contribution is 2.38. The first kappa shape index (κ1) is 19.7. The summed E-state index contributed by atoms with van der Waals surface area (Å²) in [6.07, 6.45) is 0. The molecular weight excluding hydrogens is 312 g/mol. The van der Waals surface area contributed by atoms with Gasteiger partial charge in [0.15, 0.2) is 0 Å². The molecule has 0 saturated heterocycles. The maximum absolute atomic E-state index is 2.24. The van der Waals surface area contributed by atoms with Crippen LogP contribution in [0.3, 0.4) is 0 Å². The molecule has 4 aromatic rings. The van der Waals surface area contributed by atoms with E-state index >= 15 is 0 Å². The molecule has 0 radical (unpaired) electrons. The first-order valence-corrected chi connectivity index (χ1v) is 9.73. The molecule has 0 aromatic heterocycles. The van der Waals surface area contributed by atoms with Crippen molar-refractivity contribution in [1.82, 2.24) is 0 Å². The first-order valence-electron chi connectivity index (χ1n) is 9.73. The number of hydrogen-bond donors (Lipinski definition) is 0. The second-order valence-electron chi connectivity index (χ2n) is 5.96. The van der Waals surface area contributed by atoms with Crippen molar-refractivity contribution < 1.29 is 0 Å². The molecule has 0 aliphatic carbocycles. The van der Waals surface area contributed by atoms with Gasteiger partial charge in [0.1, 0.15) is 0 Å². The lowest BCUT2D eigenvalue weighted by Gasteiger charge is -2.15. The van der Waals surface area contributed by atoms with Gasteiger partial charge in [-0.25, -0.2) is 0 Å². The zero-order valence-electron chi connectivity index (χ0n) is 16.9. The Labute approximate surface area is 158 Å². The van der Waals surface area contributed by atoms with Gasteiger partial charge in [0.05, 0.1) is 0 Å². The fraction of sp³-hybridized carbons (Fsp3) is 0.231. The molecule has 4 rings (SSSR count). The monoisotopic (exact) mass is 342 g/mol. The molecular formula is C26H30. The average Bonchev–Trinajstić information content (AvgIpc) is 2.73. The normalized spacial score (nSPS) is 9.92. The van der Waals surface area contributed by atoms with Crippen LogP contribution < -0.4 is 0 Å². The van der Waals surface area contributed by atoms with E-state index in [9.17, 15) is 0 Å². The standard InChI is InChI=1S/C22H18.2C2H6/c1-15-11-13-17(14-12-15)22-20-9-5-3-7-18(20)16(2)19-8-4-6-10-21(19)22;2*1-2/h3-14H,1-2H3;2*1-2H3. The van der Waals surface area contributed by atoms with Gasteiger partial charge >= 0.3 is 0 Å². The van der Waals surface area contributed by atoms with Crippen LogP contribution in [-0.2, 0) is 0 Å². The van der Waals surface area contributed by atoms with Crippen molar-refractivity contribution in [3.8, 4) is 11.1 Å². The smallest absolute Gasteiger partial charge is 0.00266 e. The lowest BCUT2D eigenvalue weighted by atomic mass is 9.89. The summed E-state index contributed by atoms with van der Waals surface area (Å²) in [5.74, 6) is 0. The van der Waals surface area contributed by atoms with Crippen LogP contribution >= 0.6 is 0 Å². The van der Waals surface area contributed by atoms with E-state index in [1.807, 2.05) is 27.7 Å². The van der Waals surface area contributed by atoms with Crippen LogP contribution in [0.4, 0.5) is 0 Å². The van der Waals surface area contributed by atoms with Crippen LogP contribution in [0.15, 0.2) is 72.8 Å². The average molecular weight is 343 g/mol. The van der Waals surface area contributed by atoms with E-state index < -0.39 is 0 Å². The van der Waals surface area contributed by atoms with Gasteiger partial charge in [-0.05, 0) is 52.1 Å². The van der Waals surface area contributed by atoms with Crippen molar-refractivity contribution in [1.29, 1.82) is 0 Å². The molecule has 26 heavy (non-hydrogen) atoms. The molecule has 0 unspecified atom stereocenters. The predicted octanol–water partition coefficient (Wildman–Crippen LogP) is 8.33. The van der Waals surface area contributed by atoms with Crippen LogP contribution in [-0.4, -0.2) is 0 Å². The van der Waals surface area contributed by atoms with Crippen molar-refractivity contribution in [2.45, 2.75) is 41.5 Å². The Balaban J connectivity index is 0.000000570. The van der Waals surface area contributed by atoms with Gasteiger partial charge in [-0.1, -0.05) is 106 Å². The number of rotatable bonds is 1. The molecule has 0 spiro atoms. The van der Waals surface area contributed by atoms with Gasteiger partial charge in [0, 0.05) is 0 Å². The Bertz CT molecular complexity index is 919. The van der Waals surface area contributed by atoms with E-state index in [0.29, 0.717) is 0 Å². The van der Waals surface area contributed by atoms with Crippen LogP contribution in [0.1, 0.15) is 38.8 Å². The van der Waals surface area contributed by atoms with Crippen molar-refractivity contribution in [3.63, 3.8) is 0 Å². The lowest BCUT2D eigenvalue weighted by molar-refractivity contribution is 1.47. The Kier molecular flexibility index (Phi) is 6.97. The summed E-state index contributed by atoms with van der Waals surface area (Å²) in [6.45, 7) is 12.4. The molecule has 134 valence electrons. The van der Waals surface area contributed by atoms with E-state index in [0.717, 1.165) is 0 Å². The van der Waals surface area contributed by atoms with Crippen molar-refractivity contribution in [2.24, 2.45) is 0 Å². The molecule has 0 aliphatic rings. The third-order valence-electron chi connectivity index (χ3n) is 4.54. The fourth-order valence-electron chi connectivity index (χ4n) is 3.38. The first-order chi connectivity index (χ1) is 12.8. The van der Waals surface area contributed by atoms with E-state index in [4.69, 9.17) is 0 Å². The molecule has 0 nitrogen and oxygen atoms in total. The van der Waals surface area contributed by atoms with Crippen LogP contribution in [0, 0.1) is 13.8 Å². The molecule has 0 bridgehead atoms. The minimum absolute atomic E-state index is 1.29. The zero-order valence-corrected chi connectivity index (χ0v) is 16.9. The second-order valence-corrected chi connectivity index (χ2v) is 5.96. The van der Waals surface area contributed by atoms with Crippen LogP contribution in [0.25, 0.3) is 32.7 Å². The molecule has 0 saturated carbocycles. The molecule has 0 fully saturated rings. The minimum Gasteiger partial charge on any atom is -0.0683 e. The summed E-state index contributed by atoms with van der Waals surface area (Å²) < 4.78 is 0. The molecule has 0 atom stereocenters. The molecule has 0 heteroatoms. The fourth-order valence-corrected chi connectivity index (χ4v) is 3.38. The SMILES string of the molecule is CC.CC.Cc1ccc(-c2c3ccccc3c(C)c3ccccc23)cc1. The predicted molar refractivity (Wildman–Crippen MR) is 119 cm³/mol. The highest BCUT2D eigenvalue weighted by Gasteiger charge is 2.12. The largest absolute Gasteiger partial charge is 0.0683 e. The Morgan fingerprint density at radius 1 is 0.462 bits per heavy atom. The van der Waals surface area contributed by atoms with Crippen LogP contribution in [0.2, 0.25) is 0 Å². The summed E-state index contributed by atoms with van der Waals surface area (Å²) in [7, 11) is 0. The van der Waals surface area contributed by atoms with Crippen molar-refractivity contribution >= 4 is 21.5 Å². The number of fused-ring (bicyclic) bond motifs is 2. The van der Waals surface area contributed by atoms with Gasteiger partial charge in [0.2, 0.25) is 0 Å².